The Hall–Kier alpha value is -2.86. The maximum atomic E-state index is 12.3. The van der Waals surface area contributed by atoms with Gasteiger partial charge in [0.2, 0.25) is 5.95 Å². The highest BCUT2D eigenvalue weighted by Gasteiger charge is 2.08. The predicted molar refractivity (Wildman–Crippen MR) is 91.1 cm³/mol. The van der Waals surface area contributed by atoms with Crippen LogP contribution in [0.25, 0.3) is 5.69 Å². The highest BCUT2D eigenvalue weighted by Crippen LogP contribution is 2.13. The second kappa shape index (κ2) is 6.50. The Morgan fingerprint density at radius 1 is 0.957 bits per heavy atom. The zero-order valence-electron chi connectivity index (χ0n) is 12.3. The van der Waals surface area contributed by atoms with Crippen LogP contribution in [0.5, 0.6) is 0 Å². The fraction of sp³-hybridized carbons (Fsp3) is 0.0625. The summed E-state index contributed by atoms with van der Waals surface area (Å²) in [6.45, 7) is 1.74. The molecule has 23 heavy (non-hydrogen) atoms. The number of halogens is 1. The van der Waals surface area contributed by atoms with Crippen molar-refractivity contribution in [1.29, 1.82) is 0 Å². The van der Waals surface area contributed by atoms with Crippen LogP contribution in [0.1, 0.15) is 5.82 Å². The molecule has 0 saturated heterocycles. The van der Waals surface area contributed by atoms with E-state index in [9.17, 15) is 4.79 Å². The molecule has 1 aromatic heterocycles. The van der Waals surface area contributed by atoms with Crippen LogP contribution in [-0.4, -0.2) is 14.5 Å². The molecular formula is C16H14ClN5O. The van der Waals surface area contributed by atoms with Gasteiger partial charge in [0.15, 0.2) is 0 Å². The molecule has 6 nitrogen and oxygen atoms in total. The molecule has 0 amide bonds. The highest BCUT2D eigenvalue weighted by molar-refractivity contribution is 6.30. The fourth-order valence-electron chi connectivity index (χ4n) is 2.10. The van der Waals surface area contributed by atoms with Crippen molar-refractivity contribution in [1.82, 2.24) is 14.5 Å². The van der Waals surface area contributed by atoms with Crippen molar-refractivity contribution < 1.29 is 0 Å². The number of hydrogen-bond acceptors (Lipinski definition) is 5. The second-order valence-corrected chi connectivity index (χ2v) is 5.24. The molecule has 2 aromatic carbocycles. The van der Waals surface area contributed by atoms with Crippen molar-refractivity contribution in [3.05, 3.63) is 75.9 Å². The van der Waals surface area contributed by atoms with Gasteiger partial charge in [0, 0.05) is 5.02 Å². The van der Waals surface area contributed by atoms with E-state index < -0.39 is 5.69 Å². The van der Waals surface area contributed by atoms with Gasteiger partial charge < -0.3 is 0 Å². The summed E-state index contributed by atoms with van der Waals surface area (Å²) in [5.41, 5.74) is 6.86. The number of benzene rings is 2. The molecule has 0 spiro atoms. The summed E-state index contributed by atoms with van der Waals surface area (Å²) in [5.74, 6) is 0.728. The summed E-state index contributed by atoms with van der Waals surface area (Å²) in [4.78, 5) is 20.5. The molecule has 2 N–H and O–H groups in total. The van der Waals surface area contributed by atoms with Crippen LogP contribution in [0.4, 0.5) is 11.6 Å². The first-order chi connectivity index (χ1) is 11.1. The van der Waals surface area contributed by atoms with E-state index >= 15 is 0 Å². The van der Waals surface area contributed by atoms with Crippen molar-refractivity contribution in [3.63, 3.8) is 0 Å². The zero-order chi connectivity index (χ0) is 16.2. The molecule has 7 heteroatoms. The Kier molecular flexibility index (Phi) is 4.25. The summed E-state index contributed by atoms with van der Waals surface area (Å²) in [5, 5.41) is 0.603. The van der Waals surface area contributed by atoms with Crippen molar-refractivity contribution in [2.75, 3.05) is 10.9 Å². The van der Waals surface area contributed by atoms with Crippen LogP contribution in [0, 0.1) is 6.92 Å². The van der Waals surface area contributed by atoms with Gasteiger partial charge in [-0.15, -0.1) is 0 Å². The minimum Gasteiger partial charge on any atom is -0.298 e. The van der Waals surface area contributed by atoms with Gasteiger partial charge in [-0.25, -0.2) is 9.36 Å². The smallest absolute Gasteiger partial charge is 0.298 e. The molecule has 0 atom stereocenters. The first kappa shape index (κ1) is 15.1. The van der Waals surface area contributed by atoms with E-state index in [1.165, 1.54) is 4.57 Å². The van der Waals surface area contributed by atoms with E-state index in [-0.39, 0.29) is 5.95 Å². The van der Waals surface area contributed by atoms with Gasteiger partial charge in [-0.05, 0) is 43.3 Å². The molecule has 3 rings (SSSR count). The SMILES string of the molecule is Cc1nc(NNc2ccccc2)nc(=O)n1-c1ccc(Cl)cc1. The lowest BCUT2D eigenvalue weighted by Gasteiger charge is -2.12. The van der Waals surface area contributed by atoms with E-state index in [1.54, 1.807) is 31.2 Å². The summed E-state index contributed by atoms with van der Waals surface area (Å²) < 4.78 is 1.42. The normalized spacial score (nSPS) is 10.3. The van der Waals surface area contributed by atoms with Gasteiger partial charge in [0.1, 0.15) is 5.82 Å². The summed E-state index contributed by atoms with van der Waals surface area (Å²) in [7, 11) is 0. The first-order valence-electron chi connectivity index (χ1n) is 6.94. The monoisotopic (exact) mass is 327 g/mol. The number of para-hydroxylation sites is 1. The van der Waals surface area contributed by atoms with Gasteiger partial charge in [-0.3, -0.25) is 10.9 Å². The molecule has 0 radical (unpaired) electrons. The molecule has 0 aliphatic carbocycles. The molecule has 3 aromatic rings. The lowest BCUT2D eigenvalue weighted by atomic mass is 10.3. The van der Waals surface area contributed by atoms with Crippen molar-refractivity contribution in [2.45, 2.75) is 6.92 Å². The largest absolute Gasteiger partial charge is 0.356 e. The van der Waals surface area contributed by atoms with Gasteiger partial charge >= 0.3 is 5.69 Å². The zero-order valence-corrected chi connectivity index (χ0v) is 13.1. The third-order valence-corrected chi connectivity index (χ3v) is 3.41. The molecule has 0 fully saturated rings. The molecule has 116 valence electrons. The van der Waals surface area contributed by atoms with Crippen LogP contribution < -0.4 is 16.5 Å². The van der Waals surface area contributed by atoms with Crippen LogP contribution in [0.15, 0.2) is 59.4 Å². The van der Waals surface area contributed by atoms with Gasteiger partial charge in [0.05, 0.1) is 11.4 Å². The summed E-state index contributed by atoms with van der Waals surface area (Å²) >= 11 is 5.87. The van der Waals surface area contributed by atoms with Crippen LogP contribution in [0.2, 0.25) is 5.02 Å². The van der Waals surface area contributed by atoms with E-state index in [2.05, 4.69) is 20.8 Å². The molecule has 0 aliphatic heterocycles. The number of nitrogens with zero attached hydrogens (tertiary/aromatic N) is 3. The molecule has 0 aliphatic rings. The average molecular weight is 328 g/mol. The van der Waals surface area contributed by atoms with Crippen molar-refractivity contribution in [2.24, 2.45) is 0 Å². The number of aryl methyl sites for hydroxylation is 1. The van der Waals surface area contributed by atoms with E-state index in [0.717, 1.165) is 5.69 Å². The van der Waals surface area contributed by atoms with Gasteiger partial charge in [-0.2, -0.15) is 9.97 Å². The Morgan fingerprint density at radius 2 is 1.65 bits per heavy atom. The predicted octanol–water partition coefficient (Wildman–Crippen LogP) is 3.03. The maximum absolute atomic E-state index is 12.3. The lowest BCUT2D eigenvalue weighted by Crippen LogP contribution is -2.27. The number of rotatable bonds is 4. The molecule has 0 unspecified atom stereocenters. The lowest BCUT2D eigenvalue weighted by molar-refractivity contribution is 0.813. The molecular weight excluding hydrogens is 314 g/mol. The number of anilines is 2. The summed E-state index contributed by atoms with van der Waals surface area (Å²) in [6.07, 6.45) is 0. The Balaban J connectivity index is 1.85. The number of aromatic nitrogens is 3. The topological polar surface area (TPSA) is 71.8 Å². The summed E-state index contributed by atoms with van der Waals surface area (Å²) in [6, 6.07) is 16.4. The number of nitrogens with one attached hydrogen (secondary N) is 2. The quantitative estimate of drug-likeness (QED) is 0.721. The van der Waals surface area contributed by atoms with E-state index in [0.29, 0.717) is 16.5 Å². The van der Waals surface area contributed by atoms with Crippen LogP contribution in [-0.2, 0) is 0 Å². The highest BCUT2D eigenvalue weighted by atomic mass is 35.5. The Bertz CT molecular complexity index is 862. The van der Waals surface area contributed by atoms with Gasteiger partial charge in [0.25, 0.3) is 0 Å². The number of hydrogen-bond donors (Lipinski definition) is 2. The third-order valence-electron chi connectivity index (χ3n) is 3.16. The third kappa shape index (κ3) is 3.49. The number of hydrazine groups is 1. The fourth-order valence-corrected chi connectivity index (χ4v) is 2.23. The average Bonchev–Trinajstić information content (AvgIpc) is 2.55. The van der Waals surface area contributed by atoms with Gasteiger partial charge in [-0.1, -0.05) is 29.8 Å². The van der Waals surface area contributed by atoms with Crippen LogP contribution in [0.3, 0.4) is 0 Å². The van der Waals surface area contributed by atoms with Crippen molar-refractivity contribution >= 4 is 23.2 Å². The second-order valence-electron chi connectivity index (χ2n) is 4.80. The molecule has 0 bridgehead atoms. The van der Waals surface area contributed by atoms with E-state index in [1.807, 2.05) is 30.3 Å². The first-order valence-corrected chi connectivity index (χ1v) is 7.32. The van der Waals surface area contributed by atoms with Crippen LogP contribution >= 0.6 is 11.6 Å². The molecule has 1 heterocycles. The minimum absolute atomic E-state index is 0.210. The standard InChI is InChI=1S/C16H14ClN5O/c1-11-18-15(21-20-13-5-3-2-4-6-13)19-16(23)22(11)14-9-7-12(17)8-10-14/h2-10,20H,1H3,(H,19,21,23). The Morgan fingerprint density at radius 3 is 2.30 bits per heavy atom. The van der Waals surface area contributed by atoms with Crippen molar-refractivity contribution in [3.8, 4) is 5.69 Å². The Labute approximate surface area is 137 Å². The van der Waals surface area contributed by atoms with E-state index in [4.69, 9.17) is 11.6 Å². The minimum atomic E-state index is -0.419. The maximum Gasteiger partial charge on any atom is 0.356 e. The molecule has 0 saturated carbocycles.